The van der Waals surface area contributed by atoms with Crippen LogP contribution in [0, 0.1) is 0 Å². The summed E-state index contributed by atoms with van der Waals surface area (Å²) in [5.41, 5.74) is 1.12. The second kappa shape index (κ2) is 5.61. The van der Waals surface area contributed by atoms with Gasteiger partial charge in [-0.15, -0.1) is 0 Å². The molecule has 0 saturated carbocycles. The van der Waals surface area contributed by atoms with Gasteiger partial charge in [0, 0.05) is 24.8 Å². The monoisotopic (exact) mass is 277 g/mol. The highest BCUT2D eigenvalue weighted by Gasteiger charge is 1.97. The fourth-order valence-electron chi connectivity index (χ4n) is 1.37. The van der Waals surface area contributed by atoms with Crippen LogP contribution in [0.2, 0.25) is 0 Å². The molecule has 0 radical (unpaired) electrons. The number of rotatable bonds is 4. The molecule has 2 rings (SSSR count). The average molecular weight is 278 g/mol. The minimum absolute atomic E-state index is 0.814. The molecule has 4 heteroatoms. The van der Waals surface area contributed by atoms with Gasteiger partial charge in [-0.2, -0.15) is 0 Å². The standard InChI is InChI=1S/C12H12BrN3/c13-11-6-8-15-12(16-11)7-9-14-10-4-2-1-3-5-10/h1-6,8,14H,7,9H2. The summed E-state index contributed by atoms with van der Waals surface area (Å²) in [6.45, 7) is 0.834. The zero-order valence-electron chi connectivity index (χ0n) is 8.73. The van der Waals surface area contributed by atoms with Gasteiger partial charge in [-0.3, -0.25) is 0 Å². The van der Waals surface area contributed by atoms with Crippen molar-refractivity contribution in [2.24, 2.45) is 0 Å². The molecule has 0 aliphatic rings. The van der Waals surface area contributed by atoms with Gasteiger partial charge in [0.25, 0.3) is 0 Å². The predicted molar refractivity (Wildman–Crippen MR) is 68.4 cm³/mol. The summed E-state index contributed by atoms with van der Waals surface area (Å²) in [5, 5.41) is 3.32. The summed E-state index contributed by atoms with van der Waals surface area (Å²) < 4.78 is 0.831. The molecule has 0 aliphatic carbocycles. The van der Waals surface area contributed by atoms with Crippen molar-refractivity contribution in [1.29, 1.82) is 0 Å². The molecule has 82 valence electrons. The van der Waals surface area contributed by atoms with Gasteiger partial charge in [0.2, 0.25) is 0 Å². The largest absolute Gasteiger partial charge is 0.385 e. The van der Waals surface area contributed by atoms with Gasteiger partial charge in [-0.1, -0.05) is 18.2 Å². The predicted octanol–water partition coefficient (Wildman–Crippen LogP) is 2.89. The summed E-state index contributed by atoms with van der Waals surface area (Å²) in [6.07, 6.45) is 2.57. The van der Waals surface area contributed by atoms with Crippen LogP contribution in [0.25, 0.3) is 0 Å². The quantitative estimate of drug-likeness (QED) is 0.874. The Morgan fingerprint density at radius 3 is 2.69 bits per heavy atom. The summed E-state index contributed by atoms with van der Waals surface area (Å²) in [5.74, 6) is 0.845. The van der Waals surface area contributed by atoms with E-state index in [0.717, 1.165) is 29.1 Å². The molecule has 1 aromatic heterocycles. The zero-order chi connectivity index (χ0) is 11.2. The number of hydrogen-bond acceptors (Lipinski definition) is 3. The topological polar surface area (TPSA) is 37.8 Å². The second-order valence-electron chi connectivity index (χ2n) is 3.34. The minimum Gasteiger partial charge on any atom is -0.385 e. The molecule has 0 atom stereocenters. The van der Waals surface area contributed by atoms with E-state index < -0.39 is 0 Å². The Bertz CT molecular complexity index is 445. The van der Waals surface area contributed by atoms with E-state index in [1.807, 2.05) is 36.4 Å². The van der Waals surface area contributed by atoms with Crippen molar-refractivity contribution >= 4 is 21.6 Å². The number of nitrogens with zero attached hydrogens (tertiary/aromatic N) is 2. The zero-order valence-corrected chi connectivity index (χ0v) is 10.3. The third-order valence-electron chi connectivity index (χ3n) is 2.12. The lowest BCUT2D eigenvalue weighted by Crippen LogP contribution is -2.07. The first-order valence-corrected chi connectivity index (χ1v) is 5.90. The molecule has 1 heterocycles. The van der Waals surface area contributed by atoms with Crippen LogP contribution in [0.3, 0.4) is 0 Å². The Kier molecular flexibility index (Phi) is 3.88. The van der Waals surface area contributed by atoms with Crippen LogP contribution >= 0.6 is 15.9 Å². The highest BCUT2D eigenvalue weighted by Crippen LogP contribution is 2.06. The molecular formula is C12H12BrN3. The molecule has 0 unspecified atom stereocenters. The number of nitrogens with one attached hydrogen (secondary N) is 1. The van der Waals surface area contributed by atoms with Gasteiger partial charge < -0.3 is 5.32 Å². The van der Waals surface area contributed by atoms with Crippen LogP contribution in [0.5, 0.6) is 0 Å². The first kappa shape index (κ1) is 11.1. The van der Waals surface area contributed by atoms with E-state index in [4.69, 9.17) is 0 Å². The molecule has 3 nitrogen and oxygen atoms in total. The Hall–Kier alpha value is -1.42. The third kappa shape index (κ3) is 3.31. The Morgan fingerprint density at radius 1 is 1.12 bits per heavy atom. The van der Waals surface area contributed by atoms with Crippen molar-refractivity contribution in [1.82, 2.24) is 9.97 Å². The lowest BCUT2D eigenvalue weighted by molar-refractivity contribution is 0.885. The van der Waals surface area contributed by atoms with Gasteiger partial charge in [-0.05, 0) is 34.1 Å². The summed E-state index contributed by atoms with van der Waals surface area (Å²) in [7, 11) is 0. The lowest BCUT2D eigenvalue weighted by Gasteiger charge is -2.05. The highest BCUT2D eigenvalue weighted by molar-refractivity contribution is 9.10. The normalized spacial score (nSPS) is 10.1. The number of benzene rings is 1. The SMILES string of the molecule is Brc1ccnc(CCNc2ccccc2)n1. The van der Waals surface area contributed by atoms with Crippen LogP contribution in [0.15, 0.2) is 47.2 Å². The molecule has 0 saturated heterocycles. The third-order valence-corrected chi connectivity index (χ3v) is 2.56. The molecule has 1 aromatic carbocycles. The molecule has 0 amide bonds. The number of halogens is 1. The second-order valence-corrected chi connectivity index (χ2v) is 4.15. The number of para-hydroxylation sites is 1. The van der Waals surface area contributed by atoms with Crippen LogP contribution in [0.1, 0.15) is 5.82 Å². The van der Waals surface area contributed by atoms with Gasteiger partial charge in [0.15, 0.2) is 0 Å². The lowest BCUT2D eigenvalue weighted by atomic mass is 10.3. The first-order valence-electron chi connectivity index (χ1n) is 5.11. The van der Waals surface area contributed by atoms with Gasteiger partial charge >= 0.3 is 0 Å². The van der Waals surface area contributed by atoms with Crippen molar-refractivity contribution in [3.8, 4) is 0 Å². The minimum atomic E-state index is 0.814. The number of anilines is 1. The number of aromatic nitrogens is 2. The van der Waals surface area contributed by atoms with E-state index in [2.05, 4.69) is 31.2 Å². The van der Waals surface area contributed by atoms with E-state index in [1.54, 1.807) is 6.20 Å². The molecular weight excluding hydrogens is 266 g/mol. The van der Waals surface area contributed by atoms with Gasteiger partial charge in [0.05, 0.1) is 0 Å². The summed E-state index contributed by atoms with van der Waals surface area (Å²) in [4.78, 5) is 8.46. The molecule has 0 fully saturated rings. The molecule has 0 bridgehead atoms. The maximum absolute atomic E-state index is 4.27. The van der Waals surface area contributed by atoms with E-state index in [9.17, 15) is 0 Å². The summed E-state index contributed by atoms with van der Waals surface area (Å²) >= 11 is 3.33. The van der Waals surface area contributed by atoms with Crippen molar-refractivity contribution in [3.05, 3.63) is 53.0 Å². The fourth-order valence-corrected chi connectivity index (χ4v) is 1.69. The smallest absolute Gasteiger partial charge is 0.131 e. The Morgan fingerprint density at radius 2 is 1.94 bits per heavy atom. The molecule has 2 aromatic rings. The van der Waals surface area contributed by atoms with Crippen LogP contribution in [-0.4, -0.2) is 16.5 Å². The number of hydrogen-bond donors (Lipinski definition) is 1. The Balaban J connectivity index is 1.85. The van der Waals surface area contributed by atoms with Crippen molar-refractivity contribution < 1.29 is 0 Å². The maximum atomic E-state index is 4.27. The van der Waals surface area contributed by atoms with Crippen LogP contribution < -0.4 is 5.32 Å². The van der Waals surface area contributed by atoms with Crippen molar-refractivity contribution in [2.75, 3.05) is 11.9 Å². The van der Waals surface area contributed by atoms with E-state index >= 15 is 0 Å². The fraction of sp³-hybridized carbons (Fsp3) is 0.167. The van der Waals surface area contributed by atoms with E-state index in [0.29, 0.717) is 0 Å². The van der Waals surface area contributed by atoms with Gasteiger partial charge in [-0.25, -0.2) is 9.97 Å². The average Bonchev–Trinajstić information content (AvgIpc) is 2.30. The van der Waals surface area contributed by atoms with Crippen molar-refractivity contribution in [3.63, 3.8) is 0 Å². The maximum Gasteiger partial charge on any atom is 0.131 e. The van der Waals surface area contributed by atoms with E-state index in [1.165, 1.54) is 0 Å². The first-order chi connectivity index (χ1) is 7.84. The molecule has 16 heavy (non-hydrogen) atoms. The van der Waals surface area contributed by atoms with Crippen molar-refractivity contribution in [2.45, 2.75) is 6.42 Å². The van der Waals surface area contributed by atoms with Gasteiger partial charge in [0.1, 0.15) is 10.4 Å². The molecule has 0 spiro atoms. The molecule has 0 aliphatic heterocycles. The van der Waals surface area contributed by atoms with E-state index in [-0.39, 0.29) is 0 Å². The molecule has 1 N–H and O–H groups in total. The van der Waals surface area contributed by atoms with Crippen LogP contribution in [-0.2, 0) is 6.42 Å². The Labute approximate surface area is 103 Å². The summed E-state index contributed by atoms with van der Waals surface area (Å²) in [6, 6.07) is 11.9. The van der Waals surface area contributed by atoms with Crippen LogP contribution in [0.4, 0.5) is 5.69 Å². The highest BCUT2D eigenvalue weighted by atomic mass is 79.9.